The highest BCUT2D eigenvalue weighted by atomic mass is 35.5. The second-order valence-corrected chi connectivity index (χ2v) is 8.43. The Morgan fingerprint density at radius 3 is 2.77 bits per heavy atom. The van der Waals surface area contributed by atoms with Gasteiger partial charge in [0, 0.05) is 33.6 Å². The minimum absolute atomic E-state index is 0.0648. The first kappa shape index (κ1) is 21.5. The average Bonchev–Trinajstić information content (AvgIpc) is 3.32. The molecule has 0 bridgehead atoms. The van der Waals surface area contributed by atoms with Crippen LogP contribution >= 0.6 is 23.4 Å². The van der Waals surface area contributed by atoms with Crippen LogP contribution in [0.1, 0.15) is 29.9 Å². The number of halogens is 2. The van der Waals surface area contributed by atoms with Crippen LogP contribution in [0.5, 0.6) is 0 Å². The van der Waals surface area contributed by atoms with Crippen LogP contribution in [0.15, 0.2) is 58.6 Å². The lowest BCUT2D eigenvalue weighted by Crippen LogP contribution is -2.04. The van der Waals surface area contributed by atoms with Crippen LogP contribution in [0.25, 0.3) is 16.6 Å². The van der Waals surface area contributed by atoms with E-state index < -0.39 is 5.82 Å². The summed E-state index contributed by atoms with van der Waals surface area (Å²) in [5, 5.41) is 5.18. The minimum Gasteiger partial charge on any atom is -0.462 e. The molecule has 0 unspecified atom stereocenters. The normalized spacial score (nSPS) is 11.3. The molecule has 0 aliphatic heterocycles. The van der Waals surface area contributed by atoms with Crippen molar-refractivity contribution in [1.29, 1.82) is 0 Å². The number of benzene rings is 2. The van der Waals surface area contributed by atoms with Crippen molar-refractivity contribution >= 4 is 40.2 Å². The van der Waals surface area contributed by atoms with Crippen LogP contribution in [0.2, 0.25) is 5.02 Å². The number of rotatable bonds is 6. The van der Waals surface area contributed by atoms with Crippen molar-refractivity contribution in [2.75, 3.05) is 6.61 Å². The Morgan fingerprint density at radius 2 is 2.06 bits per heavy atom. The molecule has 160 valence electrons. The van der Waals surface area contributed by atoms with E-state index in [1.54, 1.807) is 31.3 Å². The van der Waals surface area contributed by atoms with Gasteiger partial charge in [-0.1, -0.05) is 29.4 Å². The van der Waals surface area contributed by atoms with E-state index in [-0.39, 0.29) is 11.0 Å². The van der Waals surface area contributed by atoms with Gasteiger partial charge in [-0.15, -0.1) is 0 Å². The Labute approximate surface area is 188 Å². The average molecular weight is 458 g/mol. The maximum Gasteiger partial charge on any atom is 0.338 e. The van der Waals surface area contributed by atoms with Gasteiger partial charge in [0.2, 0.25) is 0 Å². The van der Waals surface area contributed by atoms with Gasteiger partial charge < -0.3 is 9.30 Å². The van der Waals surface area contributed by atoms with E-state index in [1.165, 1.54) is 17.8 Å². The quantitative estimate of drug-likeness (QED) is 0.320. The Bertz CT molecular complexity index is 1280. The van der Waals surface area contributed by atoms with Gasteiger partial charge in [0.25, 0.3) is 0 Å². The number of aromatic nitrogens is 3. The van der Waals surface area contributed by atoms with Gasteiger partial charge >= 0.3 is 5.97 Å². The number of carbonyl (C=O) groups excluding carboxylic acids is 1. The second kappa shape index (κ2) is 8.77. The van der Waals surface area contributed by atoms with Crippen molar-refractivity contribution < 1.29 is 13.9 Å². The molecule has 31 heavy (non-hydrogen) atoms. The minimum atomic E-state index is -0.474. The molecular formula is C23H21ClFN3O2S. The molecule has 4 rings (SSSR count). The number of hydrogen-bond acceptors (Lipinski definition) is 4. The highest BCUT2D eigenvalue weighted by Gasteiger charge is 2.20. The smallest absolute Gasteiger partial charge is 0.338 e. The number of carbonyl (C=O) groups is 1. The third-order valence-electron chi connectivity index (χ3n) is 4.96. The van der Waals surface area contributed by atoms with Gasteiger partial charge in [0.15, 0.2) is 0 Å². The Morgan fingerprint density at radius 1 is 1.26 bits per heavy atom. The molecule has 0 saturated carbocycles. The standard InChI is InChI=1S/C23H21ClFN3O2S/c1-4-27-13-16(12-26-27)28-14(3)22(18-10-20(25)19(24)11-21(18)28)31-17-8-6-7-15(9-17)23(29)30-5-2/h6-13H,4-5H2,1-3H3. The molecule has 0 amide bonds. The first-order valence-corrected chi connectivity index (χ1v) is 11.1. The van der Waals surface area contributed by atoms with Crippen molar-refractivity contribution in [3.8, 4) is 5.69 Å². The number of ether oxygens (including phenoxy) is 1. The van der Waals surface area contributed by atoms with E-state index in [2.05, 4.69) is 5.10 Å². The highest BCUT2D eigenvalue weighted by Crippen LogP contribution is 2.41. The lowest BCUT2D eigenvalue weighted by molar-refractivity contribution is 0.0526. The van der Waals surface area contributed by atoms with Crippen LogP contribution < -0.4 is 0 Å². The summed E-state index contributed by atoms with van der Waals surface area (Å²) in [5.41, 5.74) is 3.08. The van der Waals surface area contributed by atoms with Gasteiger partial charge in [-0.2, -0.15) is 5.10 Å². The van der Waals surface area contributed by atoms with Crippen molar-refractivity contribution in [1.82, 2.24) is 14.3 Å². The molecule has 0 radical (unpaired) electrons. The number of nitrogens with zero attached hydrogens (tertiary/aromatic N) is 3. The summed E-state index contributed by atoms with van der Waals surface area (Å²) in [6.07, 6.45) is 3.72. The molecular weight excluding hydrogens is 437 g/mol. The Kier molecular flexibility index (Phi) is 6.07. The zero-order chi connectivity index (χ0) is 22.1. The Balaban J connectivity index is 1.85. The molecule has 0 aliphatic carbocycles. The Hall–Kier alpha value is -2.77. The third kappa shape index (κ3) is 4.07. The molecule has 2 heterocycles. The third-order valence-corrected chi connectivity index (χ3v) is 6.45. The van der Waals surface area contributed by atoms with Crippen LogP contribution in [-0.4, -0.2) is 26.9 Å². The molecule has 0 spiro atoms. The first-order valence-electron chi connectivity index (χ1n) is 9.90. The molecule has 8 heteroatoms. The topological polar surface area (TPSA) is 49.1 Å². The summed E-state index contributed by atoms with van der Waals surface area (Å²) in [7, 11) is 0. The largest absolute Gasteiger partial charge is 0.462 e. The van der Waals surface area contributed by atoms with Gasteiger partial charge in [-0.25, -0.2) is 9.18 Å². The number of esters is 1. The van der Waals surface area contributed by atoms with Gasteiger partial charge in [0.1, 0.15) is 5.82 Å². The summed E-state index contributed by atoms with van der Waals surface area (Å²) < 4.78 is 23.4. The number of hydrogen-bond donors (Lipinski definition) is 0. The summed E-state index contributed by atoms with van der Waals surface area (Å²) in [6, 6.07) is 10.3. The van der Waals surface area contributed by atoms with Crippen molar-refractivity contribution in [2.45, 2.75) is 37.1 Å². The van der Waals surface area contributed by atoms with Crippen molar-refractivity contribution in [2.24, 2.45) is 0 Å². The summed E-state index contributed by atoms with van der Waals surface area (Å²) in [4.78, 5) is 13.9. The van der Waals surface area contributed by atoms with Crippen LogP contribution in [0.3, 0.4) is 0 Å². The van der Waals surface area contributed by atoms with Gasteiger partial charge in [-0.3, -0.25) is 4.68 Å². The maximum atomic E-state index is 14.4. The number of fused-ring (bicyclic) bond motifs is 1. The highest BCUT2D eigenvalue weighted by molar-refractivity contribution is 7.99. The summed E-state index contributed by atoms with van der Waals surface area (Å²) in [5.74, 6) is -0.841. The fourth-order valence-electron chi connectivity index (χ4n) is 3.50. The lowest BCUT2D eigenvalue weighted by atomic mass is 10.2. The monoisotopic (exact) mass is 457 g/mol. The maximum absolute atomic E-state index is 14.4. The first-order chi connectivity index (χ1) is 14.9. The summed E-state index contributed by atoms with van der Waals surface area (Å²) >= 11 is 7.59. The van der Waals surface area contributed by atoms with E-state index in [4.69, 9.17) is 16.3 Å². The van der Waals surface area contributed by atoms with Crippen molar-refractivity contribution in [3.63, 3.8) is 0 Å². The molecule has 5 nitrogen and oxygen atoms in total. The van der Waals surface area contributed by atoms with Crippen molar-refractivity contribution in [3.05, 3.63) is 70.9 Å². The molecule has 0 atom stereocenters. The zero-order valence-corrected chi connectivity index (χ0v) is 18.9. The molecule has 0 saturated heterocycles. The molecule has 0 fully saturated rings. The van der Waals surface area contributed by atoms with E-state index in [0.29, 0.717) is 12.2 Å². The number of aryl methyl sites for hydroxylation is 1. The van der Waals surface area contributed by atoms with E-state index in [0.717, 1.165) is 38.6 Å². The predicted molar refractivity (Wildman–Crippen MR) is 121 cm³/mol. The fraction of sp³-hybridized carbons (Fsp3) is 0.217. The second-order valence-electron chi connectivity index (χ2n) is 6.94. The summed E-state index contributed by atoms with van der Waals surface area (Å²) in [6.45, 7) is 6.83. The molecule has 2 aromatic heterocycles. The van der Waals surface area contributed by atoms with Crippen LogP contribution in [-0.2, 0) is 11.3 Å². The van der Waals surface area contributed by atoms with Crippen LogP contribution in [0.4, 0.5) is 4.39 Å². The zero-order valence-electron chi connectivity index (χ0n) is 17.4. The molecule has 0 N–H and O–H groups in total. The van der Waals surface area contributed by atoms with E-state index in [9.17, 15) is 9.18 Å². The molecule has 4 aromatic rings. The fourth-order valence-corrected chi connectivity index (χ4v) is 4.74. The van der Waals surface area contributed by atoms with E-state index >= 15 is 0 Å². The lowest BCUT2D eigenvalue weighted by Gasteiger charge is -2.07. The van der Waals surface area contributed by atoms with Gasteiger partial charge in [0.05, 0.1) is 34.6 Å². The van der Waals surface area contributed by atoms with Gasteiger partial charge in [-0.05, 0) is 51.1 Å². The van der Waals surface area contributed by atoms with E-state index in [1.807, 2.05) is 41.4 Å². The molecule has 0 aliphatic rings. The predicted octanol–water partition coefficient (Wildman–Crippen LogP) is 6.28. The van der Waals surface area contributed by atoms with Crippen LogP contribution in [0, 0.1) is 12.7 Å². The molecule has 2 aromatic carbocycles. The SMILES string of the molecule is CCOC(=O)c1cccc(Sc2c(C)n(-c3cnn(CC)c3)c3cc(Cl)c(F)cc23)c1.